The molecule has 3 heterocycles. The number of hydrogen-bond acceptors (Lipinski definition) is 12. The molecule has 2 aliphatic heterocycles. The number of nitrogens with two attached hydrogens (primary N) is 4. The first-order chi connectivity index (χ1) is 20.8. The number of benzene rings is 3. The van der Waals surface area contributed by atoms with Gasteiger partial charge >= 0.3 is 0 Å². The van der Waals surface area contributed by atoms with E-state index in [1.807, 2.05) is 34.1 Å². The van der Waals surface area contributed by atoms with Crippen LogP contribution in [0.15, 0.2) is 60.7 Å². The second-order valence-corrected chi connectivity index (χ2v) is 11.3. The van der Waals surface area contributed by atoms with Gasteiger partial charge in [0.2, 0.25) is 17.8 Å². The fourth-order valence-corrected chi connectivity index (χ4v) is 5.85. The zero-order valence-electron chi connectivity index (χ0n) is 23.7. The average Bonchev–Trinajstić information content (AvgIpc) is 3.38. The van der Waals surface area contributed by atoms with Crippen LogP contribution in [-0.4, -0.2) is 76.3 Å². The zero-order chi connectivity index (χ0) is 30.1. The number of carbonyl (C=O) groups is 1. The molecule has 1 aromatic heterocycles. The minimum Gasteiger partial charge on any atom is -0.506 e. The van der Waals surface area contributed by atoms with Crippen LogP contribution in [0.25, 0.3) is 10.8 Å². The number of hydrogen-bond donors (Lipinski definition) is 7. The molecule has 6 rings (SSSR count). The van der Waals surface area contributed by atoms with Crippen LogP contribution < -0.4 is 43.4 Å². The molecule has 0 bridgehead atoms. The Bertz CT molecular complexity index is 1610. The van der Waals surface area contributed by atoms with E-state index in [0.29, 0.717) is 60.8 Å². The molecule has 43 heavy (non-hydrogen) atoms. The molecular formula is C30H37N11O2. The molecule has 224 valence electrons. The summed E-state index contributed by atoms with van der Waals surface area (Å²) in [7, 11) is 0. The summed E-state index contributed by atoms with van der Waals surface area (Å²) >= 11 is 0. The molecule has 0 spiro atoms. The first-order valence-corrected chi connectivity index (χ1v) is 14.4. The van der Waals surface area contributed by atoms with Gasteiger partial charge in [-0.2, -0.15) is 15.0 Å². The highest BCUT2D eigenvalue weighted by atomic mass is 16.3. The van der Waals surface area contributed by atoms with Gasteiger partial charge in [-0.1, -0.05) is 30.3 Å². The Labute approximate surface area is 249 Å². The van der Waals surface area contributed by atoms with Gasteiger partial charge in [0.25, 0.3) is 5.91 Å². The number of aromatic hydroxyl groups is 1. The Kier molecular flexibility index (Phi) is 7.95. The van der Waals surface area contributed by atoms with Gasteiger partial charge in [0.15, 0.2) is 0 Å². The normalized spacial score (nSPS) is 22.1. The summed E-state index contributed by atoms with van der Waals surface area (Å²) in [6.45, 7) is 2.18. The Morgan fingerprint density at radius 1 is 0.837 bits per heavy atom. The first-order valence-electron chi connectivity index (χ1n) is 14.4. The number of aromatic nitrogens is 3. The minimum absolute atomic E-state index is 0.0221. The molecule has 11 N–H and O–H groups in total. The summed E-state index contributed by atoms with van der Waals surface area (Å²) in [6, 6.07) is 17.7. The maximum absolute atomic E-state index is 13.0. The summed E-state index contributed by atoms with van der Waals surface area (Å²) in [6.07, 6.45) is 1.49. The number of phenolic OH excluding ortho intramolecular Hbond substituents is 1. The van der Waals surface area contributed by atoms with Crippen molar-refractivity contribution in [2.75, 3.05) is 46.6 Å². The van der Waals surface area contributed by atoms with Crippen molar-refractivity contribution in [3.8, 4) is 5.75 Å². The molecule has 2 fully saturated rings. The van der Waals surface area contributed by atoms with E-state index in [2.05, 4.69) is 10.6 Å². The molecule has 0 radical (unpaired) electrons. The molecule has 4 atom stereocenters. The number of nitrogens with one attached hydrogen (secondary N) is 2. The molecule has 2 aliphatic rings. The van der Waals surface area contributed by atoms with E-state index < -0.39 is 5.91 Å². The van der Waals surface area contributed by atoms with Crippen LogP contribution in [0.3, 0.4) is 0 Å². The molecular weight excluding hydrogens is 546 g/mol. The van der Waals surface area contributed by atoms with Crippen molar-refractivity contribution >= 4 is 45.9 Å². The van der Waals surface area contributed by atoms with E-state index >= 15 is 0 Å². The lowest BCUT2D eigenvalue weighted by Crippen LogP contribution is -2.53. The predicted octanol–water partition coefficient (Wildman–Crippen LogP) is 1.46. The monoisotopic (exact) mass is 583 g/mol. The van der Waals surface area contributed by atoms with Gasteiger partial charge < -0.3 is 48.5 Å². The highest BCUT2D eigenvalue weighted by molar-refractivity contribution is 6.09. The molecule has 0 unspecified atom stereocenters. The van der Waals surface area contributed by atoms with Crippen LogP contribution in [0.1, 0.15) is 23.2 Å². The molecule has 2 saturated heterocycles. The van der Waals surface area contributed by atoms with E-state index in [4.69, 9.17) is 37.9 Å². The van der Waals surface area contributed by atoms with Crippen molar-refractivity contribution in [2.45, 2.75) is 37.0 Å². The largest absolute Gasteiger partial charge is 0.506 e. The summed E-state index contributed by atoms with van der Waals surface area (Å²) in [4.78, 5) is 31.2. The van der Waals surface area contributed by atoms with Crippen molar-refractivity contribution in [3.63, 3.8) is 0 Å². The molecule has 13 nitrogen and oxygen atoms in total. The van der Waals surface area contributed by atoms with Crippen molar-refractivity contribution in [3.05, 3.63) is 66.2 Å². The van der Waals surface area contributed by atoms with Gasteiger partial charge in [0.1, 0.15) is 5.75 Å². The Hall–Kier alpha value is -4.56. The van der Waals surface area contributed by atoms with E-state index in [9.17, 15) is 9.90 Å². The smallest absolute Gasteiger partial charge is 0.259 e. The fourth-order valence-electron chi connectivity index (χ4n) is 5.85. The van der Waals surface area contributed by atoms with Crippen LogP contribution in [0.4, 0.5) is 29.2 Å². The quantitative estimate of drug-likeness (QED) is 0.165. The Morgan fingerprint density at radius 3 is 2.26 bits per heavy atom. The summed E-state index contributed by atoms with van der Waals surface area (Å²) in [5.74, 6) is 0.853. The summed E-state index contributed by atoms with van der Waals surface area (Å²) in [5, 5.41) is 18.3. The van der Waals surface area contributed by atoms with Gasteiger partial charge in [0.05, 0.1) is 5.56 Å². The number of nitrogens with zero attached hydrogens (tertiary/aromatic N) is 5. The summed E-state index contributed by atoms with van der Waals surface area (Å²) in [5.41, 5.74) is 26.3. The maximum Gasteiger partial charge on any atom is 0.259 e. The highest BCUT2D eigenvalue weighted by Gasteiger charge is 2.33. The number of rotatable bonds is 7. The number of anilines is 5. The topological polar surface area (TPSA) is 211 Å². The van der Waals surface area contributed by atoms with Gasteiger partial charge in [-0.25, -0.2) is 0 Å². The second kappa shape index (κ2) is 12.0. The van der Waals surface area contributed by atoms with E-state index in [0.717, 1.165) is 18.2 Å². The molecule has 0 saturated carbocycles. The number of carbonyl (C=O) groups excluding carboxylic acids is 1. The van der Waals surface area contributed by atoms with Crippen molar-refractivity contribution < 1.29 is 9.90 Å². The van der Waals surface area contributed by atoms with Crippen molar-refractivity contribution in [1.82, 2.24) is 15.0 Å². The lowest BCUT2D eigenvalue weighted by molar-refractivity contribution is 0.102. The van der Waals surface area contributed by atoms with Crippen LogP contribution in [0, 0.1) is 0 Å². The van der Waals surface area contributed by atoms with Crippen molar-refractivity contribution in [2.24, 2.45) is 22.9 Å². The summed E-state index contributed by atoms with van der Waals surface area (Å²) < 4.78 is 0. The maximum atomic E-state index is 13.0. The third kappa shape index (κ3) is 6.15. The Morgan fingerprint density at radius 2 is 1.51 bits per heavy atom. The highest BCUT2D eigenvalue weighted by Crippen LogP contribution is 2.30. The van der Waals surface area contributed by atoms with Gasteiger partial charge in [-0.15, -0.1) is 0 Å². The van der Waals surface area contributed by atoms with Gasteiger partial charge in [0, 0.05) is 67.1 Å². The number of fused-ring (bicyclic) bond motifs is 1. The van der Waals surface area contributed by atoms with Crippen LogP contribution >= 0.6 is 0 Å². The Balaban J connectivity index is 1.22. The first kappa shape index (κ1) is 28.6. The van der Waals surface area contributed by atoms with E-state index in [1.165, 1.54) is 0 Å². The second-order valence-electron chi connectivity index (χ2n) is 11.3. The number of piperidine rings is 1. The third-order valence-corrected chi connectivity index (χ3v) is 7.93. The fraction of sp³-hybridized carbons (Fsp3) is 0.333. The van der Waals surface area contributed by atoms with E-state index in [-0.39, 0.29) is 35.5 Å². The molecule has 0 aliphatic carbocycles. The molecule has 3 aromatic carbocycles. The van der Waals surface area contributed by atoms with Crippen molar-refractivity contribution in [1.29, 1.82) is 0 Å². The van der Waals surface area contributed by atoms with E-state index in [1.54, 1.807) is 36.4 Å². The zero-order valence-corrected chi connectivity index (χ0v) is 23.7. The number of amides is 1. The van der Waals surface area contributed by atoms with Crippen LogP contribution in [-0.2, 0) is 0 Å². The number of phenols is 1. The third-order valence-electron chi connectivity index (χ3n) is 7.93. The average molecular weight is 584 g/mol. The lowest BCUT2D eigenvalue weighted by Gasteiger charge is -2.35. The lowest BCUT2D eigenvalue weighted by atomic mass is 10.0. The van der Waals surface area contributed by atoms with Gasteiger partial charge in [-0.3, -0.25) is 4.79 Å². The minimum atomic E-state index is -0.410. The molecule has 1 amide bonds. The van der Waals surface area contributed by atoms with Gasteiger partial charge in [-0.05, 0) is 48.6 Å². The molecule has 13 heteroatoms. The standard InChI is InChI=1S/C30H37N11O2/c31-13-23-12-20(34)16-41(23)30-38-28(37-29(39-30)40-14-18(32)11-19(33)15-40)36-22-8-6-21(7-9-22)35-27(43)25-10-5-17-3-1-2-4-24(17)26(25)42/h1-10,18-20,23,42H,11-16,31-34H2,(H,35,43)(H,36,37,38,39)/t18-,19+,20-,23-/m1/s1. The van der Waals surface area contributed by atoms with Crippen LogP contribution in [0.2, 0.25) is 0 Å². The van der Waals surface area contributed by atoms with Crippen LogP contribution in [0.5, 0.6) is 5.75 Å². The predicted molar refractivity (Wildman–Crippen MR) is 169 cm³/mol. The molecule has 4 aromatic rings. The SMILES string of the molecule is NC[C@H]1C[C@@H](N)CN1c1nc(Nc2ccc(NC(=O)c3ccc4ccccc4c3O)cc2)nc(N2C[C@H](N)C[C@H](N)C2)n1.